The first-order chi connectivity index (χ1) is 5.63. The monoisotopic (exact) mass is 166 g/mol. The molecule has 1 aromatic heterocycles. The minimum absolute atomic E-state index is 0.183. The van der Waals surface area contributed by atoms with Crippen LogP contribution in [0.5, 0.6) is 0 Å². The van der Waals surface area contributed by atoms with Crippen molar-refractivity contribution in [1.29, 1.82) is 0 Å². The molecule has 1 unspecified atom stereocenters. The van der Waals surface area contributed by atoms with Crippen LogP contribution in [0.1, 0.15) is 6.92 Å². The highest BCUT2D eigenvalue weighted by Gasteiger charge is 2.04. The Morgan fingerprint density at radius 1 is 1.83 bits per heavy atom. The van der Waals surface area contributed by atoms with Crippen molar-refractivity contribution in [2.24, 2.45) is 7.05 Å². The highest BCUT2D eigenvalue weighted by atomic mass is 15.3. The summed E-state index contributed by atoms with van der Waals surface area (Å²) in [6.07, 6.45) is 3.56. The average Bonchev–Trinajstić information content (AvgIpc) is 2.30. The number of anilines is 2. The highest BCUT2D eigenvalue weighted by Crippen LogP contribution is 2.15. The van der Waals surface area contributed by atoms with E-state index in [-0.39, 0.29) is 6.04 Å². The Morgan fingerprint density at radius 3 is 2.92 bits per heavy atom. The molecule has 0 saturated heterocycles. The quantitative estimate of drug-likeness (QED) is 0.658. The summed E-state index contributed by atoms with van der Waals surface area (Å²) in [6, 6.07) is 0.183. The van der Waals surface area contributed by atoms with Crippen LogP contribution in [0.3, 0.4) is 0 Å². The summed E-state index contributed by atoms with van der Waals surface area (Å²) in [7, 11) is 1.83. The van der Waals surface area contributed by atoms with E-state index in [1.807, 2.05) is 14.0 Å². The number of nitrogens with two attached hydrogens (primary N) is 1. The predicted octanol–water partition coefficient (Wildman–Crippen LogP) is 0.989. The van der Waals surface area contributed by atoms with E-state index in [4.69, 9.17) is 5.73 Å². The van der Waals surface area contributed by atoms with Crippen LogP contribution in [0.15, 0.2) is 18.9 Å². The molecule has 1 atom stereocenters. The number of aromatic nitrogens is 2. The van der Waals surface area contributed by atoms with E-state index in [2.05, 4.69) is 17.0 Å². The summed E-state index contributed by atoms with van der Waals surface area (Å²) in [4.78, 5) is 0. The van der Waals surface area contributed by atoms with Crippen LogP contribution in [-0.4, -0.2) is 15.8 Å². The van der Waals surface area contributed by atoms with Crippen LogP contribution >= 0.6 is 0 Å². The molecule has 3 N–H and O–H groups in total. The van der Waals surface area contributed by atoms with E-state index in [1.54, 1.807) is 17.0 Å². The third kappa shape index (κ3) is 1.78. The first kappa shape index (κ1) is 8.64. The Kier molecular flexibility index (Phi) is 2.38. The second-order valence-corrected chi connectivity index (χ2v) is 2.78. The van der Waals surface area contributed by atoms with Gasteiger partial charge in [-0.05, 0) is 6.92 Å². The molecule has 0 bridgehead atoms. The average molecular weight is 166 g/mol. The summed E-state index contributed by atoms with van der Waals surface area (Å²) < 4.78 is 1.67. The number of nitrogens with one attached hydrogen (secondary N) is 1. The molecule has 0 aliphatic heterocycles. The third-order valence-corrected chi connectivity index (χ3v) is 1.58. The van der Waals surface area contributed by atoms with Gasteiger partial charge < -0.3 is 11.1 Å². The van der Waals surface area contributed by atoms with Gasteiger partial charge >= 0.3 is 0 Å². The predicted molar refractivity (Wildman–Crippen MR) is 50.9 cm³/mol. The lowest BCUT2D eigenvalue weighted by Gasteiger charge is -2.07. The van der Waals surface area contributed by atoms with E-state index < -0.39 is 0 Å². The van der Waals surface area contributed by atoms with Crippen LogP contribution in [0, 0.1) is 0 Å². The van der Waals surface area contributed by atoms with Gasteiger partial charge in [-0.2, -0.15) is 5.10 Å². The second-order valence-electron chi connectivity index (χ2n) is 2.78. The van der Waals surface area contributed by atoms with Gasteiger partial charge in [-0.25, -0.2) is 0 Å². The van der Waals surface area contributed by atoms with Crippen molar-refractivity contribution in [3.63, 3.8) is 0 Å². The fourth-order valence-electron chi connectivity index (χ4n) is 0.894. The second kappa shape index (κ2) is 3.30. The number of hydrogen-bond donors (Lipinski definition) is 2. The zero-order valence-electron chi connectivity index (χ0n) is 7.41. The molecule has 0 radical (unpaired) electrons. The molecule has 4 heteroatoms. The molecule has 1 heterocycles. The summed E-state index contributed by atoms with van der Waals surface area (Å²) in [6.45, 7) is 5.64. The molecule has 0 amide bonds. The maximum atomic E-state index is 5.66. The van der Waals surface area contributed by atoms with E-state index in [9.17, 15) is 0 Å². The van der Waals surface area contributed by atoms with Gasteiger partial charge in [0.05, 0.1) is 5.69 Å². The first-order valence-corrected chi connectivity index (χ1v) is 3.81. The molecule has 66 valence electrons. The summed E-state index contributed by atoms with van der Waals surface area (Å²) in [5.41, 5.74) is 6.32. The number of rotatable bonds is 3. The van der Waals surface area contributed by atoms with Crippen molar-refractivity contribution >= 4 is 11.5 Å². The van der Waals surface area contributed by atoms with Crippen molar-refractivity contribution in [1.82, 2.24) is 9.78 Å². The minimum Gasteiger partial charge on any atom is -0.394 e. The fraction of sp³-hybridized carbons (Fsp3) is 0.375. The number of nitrogens with zero attached hydrogens (tertiary/aromatic N) is 2. The lowest BCUT2D eigenvalue weighted by atomic mass is 10.3. The van der Waals surface area contributed by atoms with Gasteiger partial charge in [0.1, 0.15) is 0 Å². The Bertz CT molecular complexity index is 277. The molecular weight excluding hydrogens is 152 g/mol. The molecule has 0 saturated carbocycles. The lowest BCUT2D eigenvalue weighted by Crippen LogP contribution is -2.12. The van der Waals surface area contributed by atoms with Gasteiger partial charge in [-0.1, -0.05) is 6.08 Å². The number of aryl methyl sites for hydroxylation is 1. The maximum Gasteiger partial charge on any atom is 0.171 e. The Hall–Kier alpha value is -1.45. The summed E-state index contributed by atoms with van der Waals surface area (Å²) in [5, 5.41) is 7.24. The number of nitrogen functional groups attached to an aromatic ring is 1. The van der Waals surface area contributed by atoms with E-state index >= 15 is 0 Å². The van der Waals surface area contributed by atoms with Gasteiger partial charge in [-0.15, -0.1) is 6.58 Å². The largest absolute Gasteiger partial charge is 0.394 e. The van der Waals surface area contributed by atoms with Gasteiger partial charge in [0.2, 0.25) is 0 Å². The lowest BCUT2D eigenvalue weighted by molar-refractivity contribution is 0.766. The van der Waals surface area contributed by atoms with E-state index in [1.165, 1.54) is 0 Å². The SMILES string of the molecule is C=CC(C)Nc1nn(C)cc1N. The molecule has 12 heavy (non-hydrogen) atoms. The van der Waals surface area contributed by atoms with Crippen molar-refractivity contribution < 1.29 is 0 Å². The zero-order chi connectivity index (χ0) is 9.14. The van der Waals surface area contributed by atoms with Gasteiger partial charge in [0, 0.05) is 19.3 Å². The summed E-state index contributed by atoms with van der Waals surface area (Å²) in [5.74, 6) is 0.713. The van der Waals surface area contributed by atoms with E-state index in [0.717, 1.165) is 0 Å². The topological polar surface area (TPSA) is 55.9 Å². The Balaban J connectivity index is 2.74. The molecule has 4 nitrogen and oxygen atoms in total. The van der Waals surface area contributed by atoms with Crippen LogP contribution in [0.4, 0.5) is 11.5 Å². The van der Waals surface area contributed by atoms with Crippen molar-refractivity contribution in [2.75, 3.05) is 11.1 Å². The van der Waals surface area contributed by atoms with Crippen LogP contribution in [0.25, 0.3) is 0 Å². The molecule has 0 aliphatic carbocycles. The normalized spacial score (nSPS) is 12.5. The molecule has 1 aromatic rings. The Morgan fingerprint density at radius 2 is 2.50 bits per heavy atom. The maximum absolute atomic E-state index is 5.66. The first-order valence-electron chi connectivity index (χ1n) is 3.81. The van der Waals surface area contributed by atoms with E-state index in [0.29, 0.717) is 11.5 Å². The highest BCUT2D eigenvalue weighted by molar-refractivity contribution is 5.60. The number of hydrogen-bond acceptors (Lipinski definition) is 3. The molecule has 0 spiro atoms. The van der Waals surface area contributed by atoms with Gasteiger partial charge in [0.15, 0.2) is 5.82 Å². The molecule has 1 rings (SSSR count). The molecular formula is C8H14N4. The van der Waals surface area contributed by atoms with Crippen LogP contribution < -0.4 is 11.1 Å². The third-order valence-electron chi connectivity index (χ3n) is 1.58. The van der Waals surface area contributed by atoms with Crippen molar-refractivity contribution in [3.8, 4) is 0 Å². The van der Waals surface area contributed by atoms with Gasteiger partial charge in [-0.3, -0.25) is 4.68 Å². The van der Waals surface area contributed by atoms with Crippen LogP contribution in [0.2, 0.25) is 0 Å². The Labute approximate surface area is 72.1 Å². The van der Waals surface area contributed by atoms with Crippen LogP contribution in [-0.2, 0) is 7.05 Å². The van der Waals surface area contributed by atoms with Crippen molar-refractivity contribution in [3.05, 3.63) is 18.9 Å². The minimum atomic E-state index is 0.183. The smallest absolute Gasteiger partial charge is 0.171 e. The standard InChI is InChI=1S/C8H14N4/c1-4-6(2)10-8-7(9)5-12(3)11-8/h4-6H,1,9H2,2-3H3,(H,10,11). The molecule has 0 fully saturated rings. The molecule has 0 aliphatic rings. The fourth-order valence-corrected chi connectivity index (χ4v) is 0.894. The van der Waals surface area contributed by atoms with Crippen molar-refractivity contribution in [2.45, 2.75) is 13.0 Å². The van der Waals surface area contributed by atoms with Gasteiger partial charge in [0.25, 0.3) is 0 Å². The molecule has 0 aromatic carbocycles. The summed E-state index contributed by atoms with van der Waals surface area (Å²) >= 11 is 0. The zero-order valence-corrected chi connectivity index (χ0v) is 7.41.